The molecule has 0 unspecified atom stereocenters. The van der Waals surface area contributed by atoms with Crippen molar-refractivity contribution < 1.29 is 32.6 Å². The third-order valence-electron chi connectivity index (χ3n) is 3.39. The first kappa shape index (κ1) is 20.4. The normalized spacial score (nSPS) is 13.4. The number of alkyl halides is 3. The monoisotopic (exact) mass is 358 g/mol. The van der Waals surface area contributed by atoms with Gasteiger partial charge in [-0.3, -0.25) is 4.79 Å². The number of methoxy groups -OCH3 is 1. The van der Waals surface area contributed by atoms with Crippen molar-refractivity contribution >= 4 is 11.9 Å². The maximum atomic E-state index is 12.5. The molecule has 0 bridgehead atoms. The number of rotatable bonds is 7. The molecule has 0 spiro atoms. The fraction of sp³-hybridized carbons (Fsp3) is 0.438. The van der Waals surface area contributed by atoms with Crippen LogP contribution in [0.5, 0.6) is 0 Å². The van der Waals surface area contributed by atoms with E-state index in [0.717, 1.165) is 31.4 Å². The first-order valence-corrected chi connectivity index (χ1v) is 7.31. The number of ether oxygens (including phenoxy) is 1. The van der Waals surface area contributed by atoms with E-state index in [4.69, 9.17) is 5.26 Å². The summed E-state index contributed by atoms with van der Waals surface area (Å²) in [5, 5.41) is 20.7. The lowest BCUT2D eigenvalue weighted by Gasteiger charge is -2.19. The summed E-state index contributed by atoms with van der Waals surface area (Å²) in [5.41, 5.74) is -0.959. The molecule has 0 radical (unpaired) electrons. The molecule has 1 aromatic carbocycles. The van der Waals surface area contributed by atoms with E-state index in [1.807, 2.05) is 6.07 Å². The highest BCUT2D eigenvalue weighted by molar-refractivity contribution is 5.87. The molecule has 0 aliphatic carbocycles. The molecule has 25 heavy (non-hydrogen) atoms. The number of unbranched alkanes of at least 4 members (excludes halogenated alkanes) is 1. The van der Waals surface area contributed by atoms with Crippen LogP contribution in [0.2, 0.25) is 0 Å². The average Bonchev–Trinajstić information content (AvgIpc) is 2.58. The number of esters is 1. The number of halogens is 3. The van der Waals surface area contributed by atoms with Crippen LogP contribution in [0.15, 0.2) is 24.3 Å². The Morgan fingerprint density at radius 1 is 1.32 bits per heavy atom. The van der Waals surface area contributed by atoms with Crippen LogP contribution in [0.1, 0.15) is 36.5 Å². The van der Waals surface area contributed by atoms with Crippen LogP contribution in [0.3, 0.4) is 0 Å². The average molecular weight is 358 g/mol. The summed E-state index contributed by atoms with van der Waals surface area (Å²) in [4.78, 5) is 23.7. The second kappa shape index (κ2) is 9.03. The Balaban J connectivity index is 2.79. The standard InChI is InChI=1S/C16H17F3N2O4/c1-25-15(24)12(4-2-3-9-20)21-14(23)13(22)10-5-7-11(8-6-10)16(17,18)19/h5-8,12-13,22H,2-4H2,1H3,(H,21,23)/t12-,13+/m1/s1. The number of hydrogen-bond donors (Lipinski definition) is 2. The van der Waals surface area contributed by atoms with Gasteiger partial charge < -0.3 is 15.2 Å². The molecule has 1 aromatic rings. The van der Waals surface area contributed by atoms with Crippen LogP contribution < -0.4 is 5.32 Å². The Morgan fingerprint density at radius 3 is 2.40 bits per heavy atom. The minimum Gasteiger partial charge on any atom is -0.467 e. The second-order valence-corrected chi connectivity index (χ2v) is 5.16. The second-order valence-electron chi connectivity index (χ2n) is 5.16. The minimum absolute atomic E-state index is 0.0499. The first-order valence-electron chi connectivity index (χ1n) is 7.31. The van der Waals surface area contributed by atoms with Crippen LogP contribution in [-0.4, -0.2) is 30.1 Å². The summed E-state index contributed by atoms with van der Waals surface area (Å²) in [6.07, 6.45) is -5.64. The Bertz CT molecular complexity index is 638. The van der Waals surface area contributed by atoms with Crippen LogP contribution >= 0.6 is 0 Å². The fourth-order valence-corrected chi connectivity index (χ4v) is 2.03. The lowest BCUT2D eigenvalue weighted by atomic mass is 10.0. The van der Waals surface area contributed by atoms with Gasteiger partial charge in [0.15, 0.2) is 6.10 Å². The molecule has 0 saturated carbocycles. The van der Waals surface area contributed by atoms with Crippen molar-refractivity contribution in [2.45, 2.75) is 37.6 Å². The SMILES string of the molecule is COC(=O)[C@@H](CCCC#N)NC(=O)[C@@H](O)c1ccc(C(F)(F)F)cc1. The molecule has 2 N–H and O–H groups in total. The van der Waals surface area contributed by atoms with E-state index in [2.05, 4.69) is 10.1 Å². The molecule has 0 saturated heterocycles. The van der Waals surface area contributed by atoms with E-state index >= 15 is 0 Å². The van der Waals surface area contributed by atoms with Crippen LogP contribution in [0.4, 0.5) is 13.2 Å². The predicted molar refractivity (Wildman–Crippen MR) is 79.8 cm³/mol. The summed E-state index contributed by atoms with van der Waals surface area (Å²) in [6.45, 7) is 0. The third-order valence-corrected chi connectivity index (χ3v) is 3.39. The summed E-state index contributed by atoms with van der Waals surface area (Å²) in [7, 11) is 1.12. The molecule has 0 aromatic heterocycles. The highest BCUT2D eigenvalue weighted by atomic mass is 19.4. The number of nitrogens with one attached hydrogen (secondary N) is 1. The molecule has 0 aliphatic rings. The maximum absolute atomic E-state index is 12.5. The van der Waals surface area contributed by atoms with E-state index < -0.39 is 35.8 Å². The highest BCUT2D eigenvalue weighted by Crippen LogP contribution is 2.30. The zero-order chi connectivity index (χ0) is 19.0. The van der Waals surface area contributed by atoms with Gasteiger partial charge in [0.2, 0.25) is 0 Å². The zero-order valence-electron chi connectivity index (χ0n) is 13.3. The van der Waals surface area contributed by atoms with E-state index in [1.165, 1.54) is 0 Å². The summed E-state index contributed by atoms with van der Waals surface area (Å²) < 4.78 is 42.1. The van der Waals surface area contributed by atoms with E-state index in [-0.39, 0.29) is 18.4 Å². The van der Waals surface area contributed by atoms with Gasteiger partial charge in [-0.15, -0.1) is 0 Å². The number of nitriles is 1. The zero-order valence-corrected chi connectivity index (χ0v) is 13.3. The number of aliphatic hydroxyl groups excluding tert-OH is 1. The topological polar surface area (TPSA) is 99.4 Å². The Hall–Kier alpha value is -2.60. The van der Waals surface area contributed by atoms with E-state index in [9.17, 15) is 27.9 Å². The molecule has 0 heterocycles. The molecule has 1 amide bonds. The van der Waals surface area contributed by atoms with Gasteiger partial charge in [-0.1, -0.05) is 12.1 Å². The smallest absolute Gasteiger partial charge is 0.416 e. The van der Waals surface area contributed by atoms with Gasteiger partial charge in [0, 0.05) is 6.42 Å². The van der Waals surface area contributed by atoms with Crippen molar-refractivity contribution in [1.29, 1.82) is 5.26 Å². The highest BCUT2D eigenvalue weighted by Gasteiger charge is 2.31. The number of carbonyl (C=O) groups excluding carboxylic acids is 2. The van der Waals surface area contributed by atoms with Crippen molar-refractivity contribution in [3.63, 3.8) is 0 Å². The molecule has 9 heteroatoms. The summed E-state index contributed by atoms with van der Waals surface area (Å²) in [5.74, 6) is -1.70. The van der Waals surface area contributed by atoms with Gasteiger partial charge >= 0.3 is 12.1 Å². The maximum Gasteiger partial charge on any atom is 0.416 e. The van der Waals surface area contributed by atoms with Crippen LogP contribution in [0, 0.1) is 11.3 Å². The lowest BCUT2D eigenvalue weighted by Crippen LogP contribution is -2.43. The van der Waals surface area contributed by atoms with Crippen LogP contribution in [-0.2, 0) is 20.5 Å². The Labute approximate surface area is 142 Å². The summed E-state index contributed by atoms with van der Waals surface area (Å²) >= 11 is 0. The molecule has 1 rings (SSSR count). The van der Waals surface area contributed by atoms with Gasteiger partial charge in [0.05, 0.1) is 18.7 Å². The quantitative estimate of drug-likeness (QED) is 0.574. The van der Waals surface area contributed by atoms with Crippen molar-refractivity contribution in [3.8, 4) is 6.07 Å². The van der Waals surface area contributed by atoms with E-state index in [1.54, 1.807) is 0 Å². The van der Waals surface area contributed by atoms with Crippen molar-refractivity contribution in [1.82, 2.24) is 5.32 Å². The number of amides is 1. The van der Waals surface area contributed by atoms with Crippen LogP contribution in [0.25, 0.3) is 0 Å². The number of carbonyl (C=O) groups is 2. The number of aliphatic hydroxyl groups is 1. The van der Waals surface area contributed by atoms with Gasteiger partial charge in [0.25, 0.3) is 5.91 Å². The Morgan fingerprint density at radius 2 is 1.92 bits per heavy atom. The van der Waals surface area contributed by atoms with Gasteiger partial charge in [-0.2, -0.15) is 18.4 Å². The number of benzene rings is 1. The summed E-state index contributed by atoms with van der Waals surface area (Å²) in [6, 6.07) is 4.29. The lowest BCUT2D eigenvalue weighted by molar-refractivity contribution is -0.146. The predicted octanol–water partition coefficient (Wildman–Crippen LogP) is 2.09. The number of hydrogen-bond acceptors (Lipinski definition) is 5. The van der Waals surface area contributed by atoms with Gasteiger partial charge in [0.1, 0.15) is 6.04 Å². The minimum atomic E-state index is -4.53. The molecule has 136 valence electrons. The first-order chi connectivity index (χ1) is 11.7. The van der Waals surface area contributed by atoms with Crippen molar-refractivity contribution in [2.24, 2.45) is 0 Å². The van der Waals surface area contributed by atoms with Gasteiger partial charge in [-0.05, 0) is 30.5 Å². The van der Waals surface area contributed by atoms with Gasteiger partial charge in [-0.25, -0.2) is 4.79 Å². The molecule has 0 aliphatic heterocycles. The van der Waals surface area contributed by atoms with Crippen molar-refractivity contribution in [3.05, 3.63) is 35.4 Å². The Kier molecular flexibility index (Phi) is 7.39. The number of nitrogens with zero attached hydrogens (tertiary/aromatic N) is 1. The van der Waals surface area contributed by atoms with E-state index in [0.29, 0.717) is 6.42 Å². The molecule has 2 atom stereocenters. The van der Waals surface area contributed by atoms with Crippen molar-refractivity contribution in [2.75, 3.05) is 7.11 Å². The third kappa shape index (κ3) is 6.08. The molecular formula is C16H17F3N2O4. The largest absolute Gasteiger partial charge is 0.467 e. The fourth-order valence-electron chi connectivity index (χ4n) is 2.03. The molecule has 0 fully saturated rings. The molecule has 6 nitrogen and oxygen atoms in total. The molecular weight excluding hydrogens is 341 g/mol.